The summed E-state index contributed by atoms with van der Waals surface area (Å²) in [6, 6.07) is 7.43. The number of amides is 1. The van der Waals surface area contributed by atoms with Gasteiger partial charge in [0.1, 0.15) is 5.75 Å². The third kappa shape index (κ3) is 3.03. The molecular formula is C15H18ClNO2. The van der Waals surface area contributed by atoms with Crippen LogP contribution in [0.1, 0.15) is 25.7 Å². The monoisotopic (exact) mass is 279 g/mol. The van der Waals surface area contributed by atoms with Crippen molar-refractivity contribution in [3.63, 3.8) is 0 Å². The maximum absolute atomic E-state index is 11.9. The number of halogens is 1. The lowest BCUT2D eigenvalue weighted by Gasteiger charge is -2.22. The maximum Gasteiger partial charge on any atom is 0.258 e. The Kier molecular flexibility index (Phi) is 3.65. The van der Waals surface area contributed by atoms with E-state index in [4.69, 9.17) is 16.3 Å². The number of rotatable bonds is 4. The fourth-order valence-electron chi connectivity index (χ4n) is 3.35. The Balaban J connectivity index is 1.45. The first-order chi connectivity index (χ1) is 9.20. The summed E-state index contributed by atoms with van der Waals surface area (Å²) in [6.45, 7) is 0.0789. The van der Waals surface area contributed by atoms with E-state index in [1.165, 1.54) is 19.3 Å². The van der Waals surface area contributed by atoms with Crippen molar-refractivity contribution in [1.29, 1.82) is 0 Å². The Morgan fingerprint density at radius 3 is 2.68 bits per heavy atom. The smallest absolute Gasteiger partial charge is 0.258 e. The summed E-state index contributed by atoms with van der Waals surface area (Å²) in [5.41, 5.74) is 0. The molecule has 2 aliphatic carbocycles. The Labute approximate surface area is 118 Å². The second-order valence-corrected chi connectivity index (χ2v) is 6.03. The summed E-state index contributed by atoms with van der Waals surface area (Å²) < 4.78 is 5.44. The van der Waals surface area contributed by atoms with Crippen molar-refractivity contribution in [1.82, 2.24) is 5.32 Å². The van der Waals surface area contributed by atoms with Gasteiger partial charge in [-0.25, -0.2) is 0 Å². The number of nitrogens with one attached hydrogen (secondary N) is 1. The van der Waals surface area contributed by atoms with Crippen LogP contribution in [0.15, 0.2) is 24.3 Å². The number of carbonyl (C=O) groups excluding carboxylic acids is 1. The topological polar surface area (TPSA) is 38.3 Å². The van der Waals surface area contributed by atoms with E-state index in [2.05, 4.69) is 5.32 Å². The molecule has 2 saturated carbocycles. The third-order valence-electron chi connectivity index (χ3n) is 4.27. The molecule has 1 N–H and O–H groups in total. The summed E-state index contributed by atoms with van der Waals surface area (Å²) >= 11 is 5.79. The van der Waals surface area contributed by atoms with Gasteiger partial charge in [0.25, 0.3) is 5.91 Å². The van der Waals surface area contributed by atoms with Crippen LogP contribution in [-0.4, -0.2) is 18.6 Å². The van der Waals surface area contributed by atoms with Crippen LogP contribution >= 0.6 is 11.6 Å². The molecule has 102 valence electrons. The second kappa shape index (κ2) is 5.41. The van der Waals surface area contributed by atoms with E-state index < -0.39 is 0 Å². The van der Waals surface area contributed by atoms with E-state index >= 15 is 0 Å². The number of hydrogen-bond donors (Lipinski definition) is 1. The highest BCUT2D eigenvalue weighted by molar-refractivity contribution is 6.30. The van der Waals surface area contributed by atoms with Gasteiger partial charge < -0.3 is 10.1 Å². The molecule has 3 atom stereocenters. The van der Waals surface area contributed by atoms with Crippen LogP contribution in [0, 0.1) is 11.8 Å². The van der Waals surface area contributed by atoms with Gasteiger partial charge in [-0.2, -0.15) is 0 Å². The molecule has 4 heteroatoms. The maximum atomic E-state index is 11.9. The van der Waals surface area contributed by atoms with Crippen LogP contribution < -0.4 is 10.1 Å². The Morgan fingerprint density at radius 2 is 2.05 bits per heavy atom. The highest BCUT2D eigenvalue weighted by atomic mass is 35.5. The molecule has 0 radical (unpaired) electrons. The fraction of sp³-hybridized carbons (Fsp3) is 0.533. The van der Waals surface area contributed by atoms with Crippen LogP contribution in [0.4, 0.5) is 0 Å². The summed E-state index contributed by atoms with van der Waals surface area (Å²) in [4.78, 5) is 11.9. The van der Waals surface area contributed by atoms with Crippen molar-refractivity contribution in [2.45, 2.75) is 31.7 Å². The molecule has 0 aliphatic heterocycles. The number of benzene rings is 1. The van der Waals surface area contributed by atoms with E-state index in [1.54, 1.807) is 24.3 Å². The highest BCUT2D eigenvalue weighted by Crippen LogP contribution is 2.44. The normalized spacial score (nSPS) is 28.4. The van der Waals surface area contributed by atoms with Crippen molar-refractivity contribution >= 4 is 17.5 Å². The zero-order chi connectivity index (χ0) is 13.2. The molecule has 0 aromatic heterocycles. The van der Waals surface area contributed by atoms with Gasteiger partial charge in [0, 0.05) is 11.1 Å². The molecule has 2 aliphatic rings. The van der Waals surface area contributed by atoms with Gasteiger partial charge in [0.05, 0.1) is 0 Å². The van der Waals surface area contributed by atoms with Crippen molar-refractivity contribution in [3.8, 4) is 5.75 Å². The summed E-state index contributed by atoms with van der Waals surface area (Å²) in [5, 5.41) is 3.77. The van der Waals surface area contributed by atoms with Gasteiger partial charge in [-0.05, 0) is 55.4 Å². The highest BCUT2D eigenvalue weighted by Gasteiger charge is 2.40. The van der Waals surface area contributed by atoms with E-state index in [0.717, 1.165) is 12.3 Å². The quantitative estimate of drug-likeness (QED) is 0.920. The fourth-order valence-corrected chi connectivity index (χ4v) is 3.48. The lowest BCUT2D eigenvalue weighted by atomic mass is 9.95. The number of fused-ring (bicyclic) bond motifs is 2. The number of ether oxygens (including phenoxy) is 1. The zero-order valence-corrected chi connectivity index (χ0v) is 11.5. The Morgan fingerprint density at radius 1 is 1.26 bits per heavy atom. The summed E-state index contributed by atoms with van der Waals surface area (Å²) in [6.07, 6.45) is 5.06. The second-order valence-electron chi connectivity index (χ2n) is 5.59. The molecule has 2 fully saturated rings. The lowest BCUT2D eigenvalue weighted by molar-refractivity contribution is -0.124. The van der Waals surface area contributed by atoms with Crippen molar-refractivity contribution in [2.75, 3.05) is 6.61 Å². The minimum Gasteiger partial charge on any atom is -0.484 e. The molecule has 0 saturated heterocycles. The van der Waals surface area contributed by atoms with Gasteiger partial charge in [0.15, 0.2) is 6.61 Å². The van der Waals surface area contributed by atoms with Gasteiger partial charge in [0.2, 0.25) is 0 Å². The standard InChI is InChI=1S/C15H18ClNO2/c16-12-3-5-13(6-4-12)19-9-15(18)17-14-8-10-1-2-11(14)7-10/h3-6,10-11,14H,1-2,7-9H2,(H,17,18)/t10-,11-,14-/m1/s1. The molecule has 1 aromatic carbocycles. The molecule has 3 rings (SSSR count). The van der Waals surface area contributed by atoms with E-state index in [0.29, 0.717) is 22.7 Å². The number of carbonyl (C=O) groups is 1. The van der Waals surface area contributed by atoms with Crippen LogP contribution in [0.3, 0.4) is 0 Å². The lowest BCUT2D eigenvalue weighted by Crippen LogP contribution is -2.40. The molecule has 19 heavy (non-hydrogen) atoms. The molecular weight excluding hydrogens is 262 g/mol. The van der Waals surface area contributed by atoms with Crippen molar-refractivity contribution < 1.29 is 9.53 Å². The van der Waals surface area contributed by atoms with Crippen molar-refractivity contribution in [3.05, 3.63) is 29.3 Å². The molecule has 0 unspecified atom stereocenters. The van der Waals surface area contributed by atoms with Crippen LogP contribution in [0.2, 0.25) is 5.02 Å². The predicted octanol–water partition coefficient (Wildman–Crippen LogP) is 3.02. The van der Waals surface area contributed by atoms with Gasteiger partial charge in [-0.15, -0.1) is 0 Å². The Hall–Kier alpha value is -1.22. The molecule has 1 aromatic rings. The minimum absolute atomic E-state index is 0.0208. The molecule has 3 nitrogen and oxygen atoms in total. The van der Waals surface area contributed by atoms with Crippen LogP contribution in [-0.2, 0) is 4.79 Å². The molecule has 1 amide bonds. The van der Waals surface area contributed by atoms with Crippen molar-refractivity contribution in [2.24, 2.45) is 11.8 Å². The third-order valence-corrected chi connectivity index (χ3v) is 4.52. The van der Waals surface area contributed by atoms with E-state index in [9.17, 15) is 4.79 Å². The van der Waals surface area contributed by atoms with Gasteiger partial charge >= 0.3 is 0 Å². The zero-order valence-electron chi connectivity index (χ0n) is 10.8. The summed E-state index contributed by atoms with van der Waals surface area (Å²) in [5.74, 6) is 2.19. The number of hydrogen-bond acceptors (Lipinski definition) is 2. The van der Waals surface area contributed by atoms with E-state index in [1.807, 2.05) is 0 Å². The first-order valence-corrected chi connectivity index (χ1v) is 7.26. The largest absolute Gasteiger partial charge is 0.484 e. The molecule has 0 spiro atoms. The van der Waals surface area contributed by atoms with Gasteiger partial charge in [-0.3, -0.25) is 4.79 Å². The summed E-state index contributed by atoms with van der Waals surface area (Å²) in [7, 11) is 0. The molecule has 2 bridgehead atoms. The van der Waals surface area contributed by atoms with Gasteiger partial charge in [-0.1, -0.05) is 18.0 Å². The Bertz CT molecular complexity index is 460. The predicted molar refractivity (Wildman–Crippen MR) is 74.3 cm³/mol. The minimum atomic E-state index is -0.0208. The van der Waals surface area contributed by atoms with E-state index in [-0.39, 0.29) is 12.5 Å². The first kappa shape index (κ1) is 12.8. The average molecular weight is 280 g/mol. The SMILES string of the molecule is O=C(COc1ccc(Cl)cc1)N[C@@H]1C[C@@H]2CC[C@@H]1C2. The first-order valence-electron chi connectivity index (χ1n) is 6.88. The molecule has 0 heterocycles. The average Bonchev–Trinajstić information content (AvgIpc) is 3.00. The van der Waals surface area contributed by atoms with Crippen LogP contribution in [0.5, 0.6) is 5.75 Å². The van der Waals surface area contributed by atoms with Crippen LogP contribution in [0.25, 0.3) is 0 Å².